The van der Waals surface area contributed by atoms with Gasteiger partial charge in [-0.3, -0.25) is 5.43 Å². The normalized spacial score (nSPS) is 19.1. The standard InChI is InChI=1S/C9H14N2OS/c1-6-13-8-9(1)7-10-11-2-4-12-5-3-11/h1,6,8,10H,2-5,7H2. The zero-order chi connectivity index (χ0) is 8.93. The van der Waals surface area contributed by atoms with Crippen LogP contribution in [0.3, 0.4) is 0 Å². The highest BCUT2D eigenvalue weighted by Crippen LogP contribution is 2.05. The minimum absolute atomic E-state index is 0.844. The van der Waals surface area contributed by atoms with E-state index < -0.39 is 0 Å². The van der Waals surface area contributed by atoms with Crippen molar-refractivity contribution in [1.82, 2.24) is 10.4 Å². The second-order valence-corrected chi connectivity index (χ2v) is 3.85. The topological polar surface area (TPSA) is 24.5 Å². The van der Waals surface area contributed by atoms with Gasteiger partial charge in [-0.15, -0.1) is 0 Å². The van der Waals surface area contributed by atoms with Gasteiger partial charge in [0.1, 0.15) is 0 Å². The Morgan fingerprint density at radius 1 is 1.46 bits per heavy atom. The van der Waals surface area contributed by atoms with E-state index in [2.05, 4.69) is 27.3 Å². The van der Waals surface area contributed by atoms with Crippen LogP contribution < -0.4 is 5.43 Å². The van der Waals surface area contributed by atoms with E-state index in [9.17, 15) is 0 Å². The van der Waals surface area contributed by atoms with Gasteiger partial charge in [0.15, 0.2) is 0 Å². The molecular formula is C9H14N2OS. The average Bonchev–Trinajstić information content (AvgIpc) is 2.69. The van der Waals surface area contributed by atoms with E-state index in [1.54, 1.807) is 11.3 Å². The molecule has 3 nitrogen and oxygen atoms in total. The summed E-state index contributed by atoms with van der Waals surface area (Å²) in [5, 5.41) is 6.50. The van der Waals surface area contributed by atoms with E-state index >= 15 is 0 Å². The van der Waals surface area contributed by atoms with Gasteiger partial charge in [-0.05, 0) is 22.4 Å². The van der Waals surface area contributed by atoms with Gasteiger partial charge in [0.2, 0.25) is 0 Å². The molecule has 1 saturated heterocycles. The highest BCUT2D eigenvalue weighted by molar-refractivity contribution is 7.07. The fourth-order valence-corrected chi connectivity index (χ4v) is 1.99. The van der Waals surface area contributed by atoms with Gasteiger partial charge in [0, 0.05) is 19.6 Å². The molecule has 1 aromatic rings. The zero-order valence-electron chi connectivity index (χ0n) is 7.53. The molecule has 0 saturated carbocycles. The number of morpholine rings is 1. The van der Waals surface area contributed by atoms with Crippen molar-refractivity contribution in [1.29, 1.82) is 0 Å². The zero-order valence-corrected chi connectivity index (χ0v) is 8.35. The summed E-state index contributed by atoms with van der Waals surface area (Å²) in [6, 6.07) is 2.15. The third kappa shape index (κ3) is 2.77. The Bertz CT molecular complexity index is 232. The molecule has 4 heteroatoms. The summed E-state index contributed by atoms with van der Waals surface area (Å²) in [5.74, 6) is 0. The van der Waals surface area contributed by atoms with Gasteiger partial charge in [-0.25, -0.2) is 5.01 Å². The van der Waals surface area contributed by atoms with Crippen LogP contribution in [0.15, 0.2) is 16.8 Å². The lowest BCUT2D eigenvalue weighted by Crippen LogP contribution is -2.45. The quantitative estimate of drug-likeness (QED) is 0.786. The predicted molar refractivity (Wildman–Crippen MR) is 53.6 cm³/mol. The van der Waals surface area contributed by atoms with Gasteiger partial charge in [0.25, 0.3) is 0 Å². The van der Waals surface area contributed by atoms with Crippen LogP contribution in [-0.4, -0.2) is 31.3 Å². The molecule has 13 heavy (non-hydrogen) atoms. The monoisotopic (exact) mass is 198 g/mol. The lowest BCUT2D eigenvalue weighted by atomic mass is 10.3. The van der Waals surface area contributed by atoms with Crippen molar-refractivity contribution in [3.05, 3.63) is 22.4 Å². The van der Waals surface area contributed by atoms with Crippen molar-refractivity contribution in [3.63, 3.8) is 0 Å². The first kappa shape index (κ1) is 9.15. The van der Waals surface area contributed by atoms with Crippen LogP contribution >= 0.6 is 11.3 Å². The number of nitrogens with one attached hydrogen (secondary N) is 1. The molecule has 1 aliphatic rings. The van der Waals surface area contributed by atoms with Crippen LogP contribution in [0, 0.1) is 0 Å². The molecule has 1 N–H and O–H groups in total. The Morgan fingerprint density at radius 2 is 2.31 bits per heavy atom. The van der Waals surface area contributed by atoms with Gasteiger partial charge >= 0.3 is 0 Å². The number of rotatable bonds is 3. The summed E-state index contributed by atoms with van der Waals surface area (Å²) in [4.78, 5) is 0. The molecule has 0 aliphatic carbocycles. The molecule has 1 aromatic heterocycles. The average molecular weight is 198 g/mol. The Morgan fingerprint density at radius 3 is 3.00 bits per heavy atom. The first-order valence-corrected chi connectivity index (χ1v) is 5.47. The molecule has 0 amide bonds. The molecule has 0 spiro atoms. The van der Waals surface area contributed by atoms with E-state index in [4.69, 9.17) is 4.74 Å². The van der Waals surface area contributed by atoms with Crippen molar-refractivity contribution >= 4 is 11.3 Å². The summed E-state index contributed by atoms with van der Waals surface area (Å²) in [5.41, 5.74) is 4.74. The Kier molecular flexibility index (Phi) is 3.32. The van der Waals surface area contributed by atoms with Crippen molar-refractivity contribution in [3.8, 4) is 0 Å². The first-order chi connectivity index (χ1) is 6.45. The molecule has 0 unspecified atom stereocenters. The molecule has 0 aromatic carbocycles. The van der Waals surface area contributed by atoms with Crippen LogP contribution in [-0.2, 0) is 11.3 Å². The van der Waals surface area contributed by atoms with Crippen molar-refractivity contribution in [2.45, 2.75) is 6.54 Å². The molecule has 2 heterocycles. The van der Waals surface area contributed by atoms with Crippen molar-refractivity contribution < 1.29 is 4.74 Å². The summed E-state index contributed by atoms with van der Waals surface area (Å²) < 4.78 is 5.26. The molecule has 0 atom stereocenters. The molecule has 1 aliphatic heterocycles. The largest absolute Gasteiger partial charge is 0.379 e. The SMILES string of the molecule is c1cc(CNN2CCOCC2)cs1. The Labute approximate surface area is 82.3 Å². The fourth-order valence-electron chi connectivity index (χ4n) is 1.32. The molecule has 72 valence electrons. The molecule has 1 fully saturated rings. The maximum Gasteiger partial charge on any atom is 0.0608 e. The van der Waals surface area contributed by atoms with E-state index in [0.717, 1.165) is 32.8 Å². The number of hydrogen-bond acceptors (Lipinski definition) is 4. The van der Waals surface area contributed by atoms with Gasteiger partial charge in [-0.1, -0.05) is 0 Å². The maximum absolute atomic E-state index is 5.26. The summed E-state index contributed by atoms with van der Waals surface area (Å²) in [6.07, 6.45) is 0. The molecular weight excluding hydrogens is 184 g/mol. The van der Waals surface area contributed by atoms with E-state index in [0.29, 0.717) is 0 Å². The van der Waals surface area contributed by atoms with Crippen LogP contribution in [0.2, 0.25) is 0 Å². The van der Waals surface area contributed by atoms with Crippen LogP contribution in [0.4, 0.5) is 0 Å². The van der Waals surface area contributed by atoms with Crippen molar-refractivity contribution in [2.24, 2.45) is 0 Å². The van der Waals surface area contributed by atoms with Crippen LogP contribution in [0.1, 0.15) is 5.56 Å². The maximum atomic E-state index is 5.26. The van der Waals surface area contributed by atoms with Gasteiger partial charge in [0.05, 0.1) is 13.2 Å². The number of thiophene rings is 1. The molecule has 0 radical (unpaired) electrons. The van der Waals surface area contributed by atoms with Crippen molar-refractivity contribution in [2.75, 3.05) is 26.3 Å². The van der Waals surface area contributed by atoms with Gasteiger partial charge < -0.3 is 4.74 Å². The third-order valence-corrected chi connectivity index (χ3v) is 2.83. The molecule has 2 rings (SSSR count). The highest BCUT2D eigenvalue weighted by atomic mass is 32.1. The third-order valence-electron chi connectivity index (χ3n) is 2.10. The summed E-state index contributed by atoms with van der Waals surface area (Å²) in [6.45, 7) is 4.60. The van der Waals surface area contributed by atoms with Crippen LogP contribution in [0.5, 0.6) is 0 Å². The first-order valence-electron chi connectivity index (χ1n) is 4.52. The smallest absolute Gasteiger partial charge is 0.0608 e. The minimum atomic E-state index is 0.844. The number of ether oxygens (including phenoxy) is 1. The second-order valence-electron chi connectivity index (χ2n) is 3.07. The Hall–Kier alpha value is -0.420. The molecule has 0 bridgehead atoms. The van der Waals surface area contributed by atoms with E-state index in [1.165, 1.54) is 5.56 Å². The lowest BCUT2D eigenvalue weighted by Gasteiger charge is -2.27. The lowest BCUT2D eigenvalue weighted by molar-refractivity contribution is 0.0106. The number of hydrazine groups is 1. The van der Waals surface area contributed by atoms with Gasteiger partial charge in [-0.2, -0.15) is 11.3 Å². The summed E-state index contributed by atoms with van der Waals surface area (Å²) >= 11 is 1.74. The highest BCUT2D eigenvalue weighted by Gasteiger charge is 2.08. The number of nitrogens with zero attached hydrogens (tertiary/aromatic N) is 1. The minimum Gasteiger partial charge on any atom is -0.379 e. The predicted octanol–water partition coefficient (Wildman–Crippen LogP) is 1.08. The van der Waals surface area contributed by atoms with E-state index in [1.807, 2.05) is 0 Å². The van der Waals surface area contributed by atoms with Crippen LogP contribution in [0.25, 0.3) is 0 Å². The van der Waals surface area contributed by atoms with E-state index in [-0.39, 0.29) is 0 Å². The second kappa shape index (κ2) is 4.72. The summed E-state index contributed by atoms with van der Waals surface area (Å²) in [7, 11) is 0. The number of hydrogen-bond donors (Lipinski definition) is 1. The Balaban J connectivity index is 1.72. The fraction of sp³-hybridized carbons (Fsp3) is 0.556.